The Hall–Kier alpha value is -3.28. The third-order valence-corrected chi connectivity index (χ3v) is 4.78. The van der Waals surface area contributed by atoms with E-state index in [-0.39, 0.29) is 6.04 Å². The topological polar surface area (TPSA) is 65.0 Å². The van der Waals surface area contributed by atoms with Crippen LogP contribution in [0.15, 0.2) is 53.8 Å². The van der Waals surface area contributed by atoms with Gasteiger partial charge in [-0.15, -0.1) is 0 Å². The number of hydrogen-bond donors (Lipinski definition) is 1. The summed E-state index contributed by atoms with van der Waals surface area (Å²) in [6, 6.07) is 14.3. The zero-order valence-corrected chi connectivity index (χ0v) is 15.5. The first-order chi connectivity index (χ1) is 13.2. The van der Waals surface area contributed by atoms with E-state index >= 15 is 0 Å². The van der Waals surface area contributed by atoms with Crippen molar-refractivity contribution in [2.24, 2.45) is 5.10 Å². The van der Waals surface area contributed by atoms with Gasteiger partial charge < -0.3 is 19.6 Å². The standard InChI is InChI=1S/C21H21N3O3/c1-25-19-10-15(11-20(26-2)21(19)27-3)18-12-17(23-24-18)14-6-7-16-13(9-14)5-4-8-22-16/h4-11,17,23H,12H2,1-3H3. The molecule has 0 saturated heterocycles. The zero-order chi connectivity index (χ0) is 18.8. The average molecular weight is 363 g/mol. The van der Waals surface area contributed by atoms with Crippen LogP contribution in [0.2, 0.25) is 0 Å². The molecule has 0 bridgehead atoms. The highest BCUT2D eigenvalue weighted by Crippen LogP contribution is 2.39. The van der Waals surface area contributed by atoms with Gasteiger partial charge in [-0.2, -0.15) is 5.10 Å². The summed E-state index contributed by atoms with van der Waals surface area (Å²) in [6.07, 6.45) is 2.58. The van der Waals surface area contributed by atoms with Crippen LogP contribution >= 0.6 is 0 Å². The third kappa shape index (κ3) is 3.14. The Kier molecular flexibility index (Phi) is 4.54. The van der Waals surface area contributed by atoms with E-state index in [0.717, 1.165) is 28.6 Å². The molecule has 4 rings (SSSR count). The fraction of sp³-hybridized carbons (Fsp3) is 0.238. The largest absolute Gasteiger partial charge is 0.493 e. The fourth-order valence-electron chi connectivity index (χ4n) is 3.37. The molecule has 138 valence electrons. The molecule has 6 heteroatoms. The summed E-state index contributed by atoms with van der Waals surface area (Å²) in [5.41, 5.74) is 7.31. The molecule has 1 atom stereocenters. The van der Waals surface area contributed by atoms with Gasteiger partial charge in [0, 0.05) is 23.6 Å². The van der Waals surface area contributed by atoms with Gasteiger partial charge in [0.25, 0.3) is 0 Å². The molecule has 3 aromatic rings. The molecule has 27 heavy (non-hydrogen) atoms. The summed E-state index contributed by atoms with van der Waals surface area (Å²) in [5.74, 6) is 1.82. The lowest BCUT2D eigenvalue weighted by Crippen LogP contribution is -2.10. The SMILES string of the molecule is COc1cc(C2=NNC(c3ccc4ncccc4c3)C2)cc(OC)c1OC. The lowest BCUT2D eigenvalue weighted by atomic mass is 9.97. The summed E-state index contributed by atoms with van der Waals surface area (Å²) in [4.78, 5) is 4.38. The van der Waals surface area contributed by atoms with E-state index < -0.39 is 0 Å². The normalized spacial score (nSPS) is 16.0. The van der Waals surface area contributed by atoms with Crippen LogP contribution < -0.4 is 19.6 Å². The van der Waals surface area contributed by atoms with Gasteiger partial charge in [0.1, 0.15) is 0 Å². The third-order valence-electron chi connectivity index (χ3n) is 4.78. The lowest BCUT2D eigenvalue weighted by molar-refractivity contribution is 0.324. The van der Waals surface area contributed by atoms with Crippen molar-refractivity contribution in [3.05, 3.63) is 59.8 Å². The molecular weight excluding hydrogens is 342 g/mol. The van der Waals surface area contributed by atoms with Gasteiger partial charge in [0.05, 0.1) is 38.6 Å². The van der Waals surface area contributed by atoms with Crippen LogP contribution in [0.3, 0.4) is 0 Å². The number of fused-ring (bicyclic) bond motifs is 1. The number of pyridine rings is 1. The molecule has 1 unspecified atom stereocenters. The van der Waals surface area contributed by atoms with Crippen molar-refractivity contribution in [3.63, 3.8) is 0 Å². The Labute approximate surface area is 157 Å². The second-order valence-corrected chi connectivity index (χ2v) is 6.31. The number of hydrogen-bond acceptors (Lipinski definition) is 6. The molecule has 6 nitrogen and oxygen atoms in total. The minimum atomic E-state index is 0.115. The second-order valence-electron chi connectivity index (χ2n) is 6.31. The first-order valence-corrected chi connectivity index (χ1v) is 8.70. The number of methoxy groups -OCH3 is 3. The number of aromatic nitrogens is 1. The Morgan fingerprint density at radius 1 is 0.963 bits per heavy atom. The van der Waals surface area contributed by atoms with Crippen LogP contribution in [0, 0.1) is 0 Å². The van der Waals surface area contributed by atoms with Gasteiger partial charge in [-0.25, -0.2) is 0 Å². The van der Waals surface area contributed by atoms with Gasteiger partial charge >= 0.3 is 0 Å². The van der Waals surface area contributed by atoms with E-state index in [1.165, 1.54) is 5.56 Å². The molecule has 1 aliphatic rings. The van der Waals surface area contributed by atoms with E-state index in [9.17, 15) is 0 Å². The molecule has 0 spiro atoms. The monoisotopic (exact) mass is 363 g/mol. The molecule has 1 aromatic heterocycles. The quantitative estimate of drug-likeness (QED) is 0.749. The highest BCUT2D eigenvalue weighted by molar-refractivity contribution is 6.03. The van der Waals surface area contributed by atoms with E-state index in [0.29, 0.717) is 17.2 Å². The predicted molar refractivity (Wildman–Crippen MR) is 105 cm³/mol. The van der Waals surface area contributed by atoms with Gasteiger partial charge in [0.2, 0.25) is 5.75 Å². The smallest absolute Gasteiger partial charge is 0.203 e. The Morgan fingerprint density at radius 2 is 1.74 bits per heavy atom. The Balaban J connectivity index is 1.62. The highest BCUT2D eigenvalue weighted by Gasteiger charge is 2.24. The fourth-order valence-corrected chi connectivity index (χ4v) is 3.37. The summed E-state index contributed by atoms with van der Waals surface area (Å²) in [7, 11) is 4.82. The van der Waals surface area contributed by atoms with E-state index in [1.54, 1.807) is 21.3 Å². The number of rotatable bonds is 5. The molecule has 0 radical (unpaired) electrons. The van der Waals surface area contributed by atoms with Crippen molar-refractivity contribution < 1.29 is 14.2 Å². The number of benzene rings is 2. The summed E-state index contributed by atoms with van der Waals surface area (Å²) in [5, 5.41) is 5.67. The van der Waals surface area contributed by atoms with E-state index in [2.05, 4.69) is 33.7 Å². The summed E-state index contributed by atoms with van der Waals surface area (Å²) >= 11 is 0. The van der Waals surface area contributed by atoms with Crippen LogP contribution in [0.5, 0.6) is 17.2 Å². The first kappa shape index (κ1) is 17.1. The molecule has 0 fully saturated rings. The summed E-state index contributed by atoms with van der Waals surface area (Å²) < 4.78 is 16.3. The number of nitrogens with zero attached hydrogens (tertiary/aromatic N) is 2. The molecule has 0 saturated carbocycles. The Bertz CT molecular complexity index is 991. The van der Waals surface area contributed by atoms with Crippen molar-refractivity contribution in [2.75, 3.05) is 21.3 Å². The van der Waals surface area contributed by atoms with Gasteiger partial charge in [-0.3, -0.25) is 4.98 Å². The van der Waals surface area contributed by atoms with Crippen molar-refractivity contribution in [2.45, 2.75) is 12.5 Å². The minimum absolute atomic E-state index is 0.115. The molecular formula is C21H21N3O3. The first-order valence-electron chi connectivity index (χ1n) is 8.70. The predicted octanol–water partition coefficient (Wildman–Crippen LogP) is 3.70. The maximum absolute atomic E-state index is 5.45. The maximum atomic E-state index is 5.45. The zero-order valence-electron chi connectivity index (χ0n) is 15.5. The lowest BCUT2D eigenvalue weighted by Gasteiger charge is -2.14. The highest BCUT2D eigenvalue weighted by atomic mass is 16.5. The van der Waals surface area contributed by atoms with Crippen LogP contribution in [0.4, 0.5) is 0 Å². The molecule has 2 heterocycles. The Morgan fingerprint density at radius 3 is 2.44 bits per heavy atom. The molecule has 0 aliphatic carbocycles. The van der Waals surface area contributed by atoms with Crippen molar-refractivity contribution in [1.29, 1.82) is 0 Å². The van der Waals surface area contributed by atoms with E-state index in [1.807, 2.05) is 30.5 Å². The van der Waals surface area contributed by atoms with Crippen molar-refractivity contribution >= 4 is 16.6 Å². The van der Waals surface area contributed by atoms with Crippen LogP contribution in [-0.2, 0) is 0 Å². The van der Waals surface area contributed by atoms with Crippen LogP contribution in [-0.4, -0.2) is 32.0 Å². The molecule has 1 N–H and O–H groups in total. The van der Waals surface area contributed by atoms with Crippen molar-refractivity contribution in [1.82, 2.24) is 10.4 Å². The summed E-state index contributed by atoms with van der Waals surface area (Å²) in [6.45, 7) is 0. The van der Waals surface area contributed by atoms with Crippen LogP contribution in [0.25, 0.3) is 10.9 Å². The molecule has 1 aliphatic heterocycles. The molecule has 0 amide bonds. The second kappa shape index (κ2) is 7.15. The van der Waals surface area contributed by atoms with Gasteiger partial charge in [0.15, 0.2) is 11.5 Å². The average Bonchev–Trinajstić information content (AvgIpc) is 3.22. The minimum Gasteiger partial charge on any atom is -0.493 e. The van der Waals surface area contributed by atoms with Gasteiger partial charge in [-0.1, -0.05) is 12.1 Å². The maximum Gasteiger partial charge on any atom is 0.203 e. The number of hydrazone groups is 1. The van der Waals surface area contributed by atoms with Crippen molar-refractivity contribution in [3.8, 4) is 17.2 Å². The van der Waals surface area contributed by atoms with E-state index in [4.69, 9.17) is 14.2 Å². The molecule has 2 aromatic carbocycles. The number of nitrogens with one attached hydrogen (secondary N) is 1. The van der Waals surface area contributed by atoms with Gasteiger partial charge in [-0.05, 0) is 35.9 Å². The van der Waals surface area contributed by atoms with Crippen LogP contribution in [0.1, 0.15) is 23.6 Å². The number of ether oxygens (including phenoxy) is 3.